The molecule has 0 spiro atoms. The average Bonchev–Trinajstić information content (AvgIpc) is 3.17. The predicted octanol–water partition coefficient (Wildman–Crippen LogP) is 6.25. The molecule has 2 N–H and O–H groups in total. The molecule has 0 saturated carbocycles. The van der Waals surface area contributed by atoms with E-state index in [2.05, 4.69) is 31.2 Å². The lowest BCUT2D eigenvalue weighted by Gasteiger charge is -2.15. The molecule has 7 heteroatoms. The minimum Gasteiger partial charge on any atom is -0.490 e. The number of nitrogens with zero attached hydrogens (tertiary/aromatic N) is 1. The second kappa shape index (κ2) is 10.2. The highest BCUT2D eigenvalue weighted by atomic mass is 79.9. The maximum Gasteiger partial charge on any atom is 0.162 e. The molecule has 0 atom stereocenters. The Balaban J connectivity index is 1.43. The standard InChI is InChI=1S/C24H23BrClN3O2/c1-2-30-22-11-17(13-27-14-24-28-20-8-3-4-9-21(20)29-24)19(25)12-23(22)31-15-16-6-5-7-18(26)10-16/h3-12,27H,2,13-15H2,1H3,(H,28,29). The highest BCUT2D eigenvalue weighted by molar-refractivity contribution is 9.10. The van der Waals surface area contributed by atoms with E-state index in [9.17, 15) is 0 Å². The molecule has 3 aromatic carbocycles. The Kier molecular flexibility index (Phi) is 7.12. The maximum atomic E-state index is 6.07. The summed E-state index contributed by atoms with van der Waals surface area (Å²) in [7, 11) is 0. The molecule has 1 aromatic heterocycles. The van der Waals surface area contributed by atoms with Gasteiger partial charge in [0.2, 0.25) is 0 Å². The van der Waals surface area contributed by atoms with Crippen LogP contribution in [0.3, 0.4) is 0 Å². The van der Waals surface area contributed by atoms with E-state index < -0.39 is 0 Å². The van der Waals surface area contributed by atoms with Gasteiger partial charge in [-0.1, -0.05) is 51.8 Å². The van der Waals surface area contributed by atoms with Crippen LogP contribution in [-0.4, -0.2) is 16.6 Å². The van der Waals surface area contributed by atoms with Crippen LogP contribution in [0.1, 0.15) is 23.9 Å². The number of para-hydroxylation sites is 2. The first-order valence-corrected chi connectivity index (χ1v) is 11.3. The fraction of sp³-hybridized carbons (Fsp3) is 0.208. The Morgan fingerprint density at radius 3 is 2.65 bits per heavy atom. The molecule has 0 aliphatic heterocycles. The number of nitrogens with one attached hydrogen (secondary N) is 2. The van der Waals surface area contributed by atoms with Gasteiger partial charge in [-0.15, -0.1) is 0 Å². The number of hydrogen-bond donors (Lipinski definition) is 2. The van der Waals surface area contributed by atoms with Gasteiger partial charge in [0.15, 0.2) is 11.5 Å². The number of ether oxygens (including phenoxy) is 2. The summed E-state index contributed by atoms with van der Waals surface area (Å²) in [4.78, 5) is 7.94. The first kappa shape index (κ1) is 21.7. The summed E-state index contributed by atoms with van der Waals surface area (Å²) < 4.78 is 12.8. The van der Waals surface area contributed by atoms with Gasteiger partial charge in [0, 0.05) is 16.0 Å². The molecular formula is C24H23BrClN3O2. The topological polar surface area (TPSA) is 59.2 Å². The van der Waals surface area contributed by atoms with Crippen molar-refractivity contribution in [2.75, 3.05) is 6.61 Å². The van der Waals surface area contributed by atoms with Crippen molar-refractivity contribution < 1.29 is 9.47 Å². The van der Waals surface area contributed by atoms with Crippen molar-refractivity contribution in [2.24, 2.45) is 0 Å². The van der Waals surface area contributed by atoms with Crippen molar-refractivity contribution in [3.8, 4) is 11.5 Å². The van der Waals surface area contributed by atoms with Crippen LogP contribution in [0.25, 0.3) is 11.0 Å². The first-order valence-electron chi connectivity index (χ1n) is 10.1. The summed E-state index contributed by atoms with van der Waals surface area (Å²) in [6.07, 6.45) is 0. The number of halogens is 2. The van der Waals surface area contributed by atoms with Gasteiger partial charge in [-0.3, -0.25) is 0 Å². The van der Waals surface area contributed by atoms with E-state index in [-0.39, 0.29) is 0 Å². The molecule has 31 heavy (non-hydrogen) atoms. The Bertz CT molecular complexity index is 1150. The lowest BCUT2D eigenvalue weighted by atomic mass is 10.2. The summed E-state index contributed by atoms with van der Waals surface area (Å²) in [5.74, 6) is 2.31. The van der Waals surface area contributed by atoms with Crippen LogP contribution in [0.4, 0.5) is 0 Å². The largest absolute Gasteiger partial charge is 0.490 e. The molecule has 1 heterocycles. The van der Waals surface area contributed by atoms with Crippen molar-refractivity contribution in [3.05, 3.63) is 87.1 Å². The molecule has 0 fully saturated rings. The predicted molar refractivity (Wildman–Crippen MR) is 128 cm³/mol. The molecule has 0 aliphatic carbocycles. The second-order valence-electron chi connectivity index (χ2n) is 7.05. The zero-order valence-corrected chi connectivity index (χ0v) is 19.5. The van der Waals surface area contributed by atoms with Crippen molar-refractivity contribution in [1.29, 1.82) is 0 Å². The third-order valence-corrected chi connectivity index (χ3v) is 5.72. The molecule has 0 unspecified atom stereocenters. The number of fused-ring (bicyclic) bond motifs is 1. The van der Waals surface area contributed by atoms with Crippen molar-refractivity contribution in [2.45, 2.75) is 26.6 Å². The van der Waals surface area contributed by atoms with Gasteiger partial charge in [0.25, 0.3) is 0 Å². The molecule has 0 aliphatic rings. The van der Waals surface area contributed by atoms with Crippen LogP contribution in [0.5, 0.6) is 11.5 Å². The molecular weight excluding hydrogens is 478 g/mol. The van der Waals surface area contributed by atoms with E-state index in [0.29, 0.717) is 42.8 Å². The molecule has 4 aromatic rings. The van der Waals surface area contributed by atoms with Crippen LogP contribution in [0.15, 0.2) is 65.1 Å². The van der Waals surface area contributed by atoms with Crippen LogP contribution in [-0.2, 0) is 19.7 Å². The van der Waals surface area contributed by atoms with Gasteiger partial charge >= 0.3 is 0 Å². The van der Waals surface area contributed by atoms with E-state index in [4.69, 9.17) is 21.1 Å². The third-order valence-electron chi connectivity index (χ3n) is 4.74. The van der Waals surface area contributed by atoms with E-state index in [1.807, 2.05) is 67.6 Å². The Morgan fingerprint density at radius 2 is 1.84 bits per heavy atom. The van der Waals surface area contributed by atoms with Crippen molar-refractivity contribution in [3.63, 3.8) is 0 Å². The van der Waals surface area contributed by atoms with E-state index in [0.717, 1.165) is 32.5 Å². The summed E-state index contributed by atoms with van der Waals surface area (Å²) in [6.45, 7) is 4.23. The van der Waals surface area contributed by atoms with Crippen LogP contribution >= 0.6 is 27.5 Å². The highest BCUT2D eigenvalue weighted by Crippen LogP contribution is 2.34. The molecule has 0 amide bonds. The van der Waals surface area contributed by atoms with Gasteiger partial charge in [-0.25, -0.2) is 4.98 Å². The maximum absolute atomic E-state index is 6.07. The Morgan fingerprint density at radius 1 is 1.00 bits per heavy atom. The zero-order valence-electron chi connectivity index (χ0n) is 17.1. The average molecular weight is 501 g/mol. The minimum atomic E-state index is 0.413. The van der Waals surface area contributed by atoms with Gasteiger partial charge < -0.3 is 19.8 Å². The molecule has 0 saturated heterocycles. The van der Waals surface area contributed by atoms with Crippen LogP contribution in [0.2, 0.25) is 5.02 Å². The zero-order chi connectivity index (χ0) is 21.6. The Labute approximate surface area is 194 Å². The highest BCUT2D eigenvalue weighted by Gasteiger charge is 2.12. The monoisotopic (exact) mass is 499 g/mol. The van der Waals surface area contributed by atoms with Gasteiger partial charge in [-0.2, -0.15) is 0 Å². The van der Waals surface area contributed by atoms with Gasteiger partial charge in [0.05, 0.1) is 24.2 Å². The van der Waals surface area contributed by atoms with E-state index in [1.54, 1.807) is 0 Å². The molecule has 0 radical (unpaired) electrons. The van der Waals surface area contributed by atoms with Crippen LogP contribution < -0.4 is 14.8 Å². The minimum absolute atomic E-state index is 0.413. The molecule has 4 rings (SSSR count). The third kappa shape index (κ3) is 5.58. The number of aromatic amines is 1. The number of aromatic nitrogens is 2. The van der Waals surface area contributed by atoms with Gasteiger partial charge in [-0.05, 0) is 54.4 Å². The number of imidazole rings is 1. The first-order chi connectivity index (χ1) is 15.1. The lowest BCUT2D eigenvalue weighted by molar-refractivity contribution is 0.269. The number of H-pyrrole nitrogens is 1. The number of rotatable bonds is 9. The Hall–Kier alpha value is -2.54. The number of benzene rings is 3. The lowest BCUT2D eigenvalue weighted by Crippen LogP contribution is -2.14. The summed E-state index contributed by atoms with van der Waals surface area (Å²) >= 11 is 9.73. The van der Waals surface area contributed by atoms with E-state index in [1.165, 1.54) is 0 Å². The SMILES string of the molecule is CCOc1cc(CNCc2nc3ccccc3[nH]2)c(Br)cc1OCc1cccc(Cl)c1. The fourth-order valence-corrected chi connectivity index (χ4v) is 3.96. The van der Waals surface area contributed by atoms with E-state index >= 15 is 0 Å². The summed E-state index contributed by atoms with van der Waals surface area (Å²) in [5, 5.41) is 4.13. The fourth-order valence-electron chi connectivity index (χ4n) is 3.29. The van der Waals surface area contributed by atoms with Crippen molar-refractivity contribution >= 4 is 38.6 Å². The van der Waals surface area contributed by atoms with Crippen molar-refractivity contribution in [1.82, 2.24) is 15.3 Å². The molecule has 160 valence electrons. The smallest absolute Gasteiger partial charge is 0.162 e. The summed E-state index contributed by atoms with van der Waals surface area (Å²) in [5.41, 5.74) is 4.10. The second-order valence-corrected chi connectivity index (χ2v) is 8.34. The normalized spacial score (nSPS) is 11.1. The van der Waals surface area contributed by atoms with Gasteiger partial charge in [0.1, 0.15) is 12.4 Å². The number of hydrogen-bond acceptors (Lipinski definition) is 4. The molecule has 0 bridgehead atoms. The quantitative estimate of drug-likeness (QED) is 0.285. The molecule has 5 nitrogen and oxygen atoms in total. The summed E-state index contributed by atoms with van der Waals surface area (Å²) in [6, 6.07) is 19.6. The van der Waals surface area contributed by atoms with Crippen LogP contribution in [0, 0.1) is 0 Å².